The number of nitrogens with zero attached hydrogens (tertiary/aromatic N) is 1. The van der Waals surface area contributed by atoms with Crippen LogP contribution in [0.1, 0.15) is 46.0 Å². The monoisotopic (exact) mass is 255 g/mol. The number of hydrogen-bond donors (Lipinski definition) is 1. The number of hydrogen-bond acceptors (Lipinski definition) is 3. The van der Waals surface area contributed by atoms with Gasteiger partial charge >= 0.3 is 0 Å². The van der Waals surface area contributed by atoms with Gasteiger partial charge in [0.2, 0.25) is 0 Å². The molecular weight excluding hydrogens is 226 g/mol. The minimum Gasteiger partial charge on any atom is -0.391 e. The Bertz CT molecular complexity index is 235. The molecule has 1 aliphatic heterocycles. The van der Waals surface area contributed by atoms with E-state index in [1.54, 1.807) is 0 Å². The molecule has 0 aromatic rings. The second kappa shape index (κ2) is 7.93. The Balaban J connectivity index is 2.28. The zero-order valence-electron chi connectivity index (χ0n) is 12.0. The molecule has 1 N–H and O–H groups in total. The van der Waals surface area contributed by atoms with E-state index < -0.39 is 0 Å². The van der Waals surface area contributed by atoms with E-state index in [1.807, 2.05) is 6.08 Å². The summed E-state index contributed by atoms with van der Waals surface area (Å²) in [6.07, 6.45) is 7.16. The van der Waals surface area contributed by atoms with Gasteiger partial charge in [-0.3, -0.25) is 4.90 Å². The van der Waals surface area contributed by atoms with Crippen LogP contribution in [-0.4, -0.2) is 48.0 Å². The highest BCUT2D eigenvalue weighted by Gasteiger charge is 2.34. The highest BCUT2D eigenvalue weighted by Crippen LogP contribution is 2.24. The summed E-state index contributed by atoms with van der Waals surface area (Å²) >= 11 is 0. The van der Waals surface area contributed by atoms with Crippen molar-refractivity contribution >= 4 is 0 Å². The molecule has 0 aromatic heterocycles. The van der Waals surface area contributed by atoms with Crippen molar-refractivity contribution < 1.29 is 9.84 Å². The van der Waals surface area contributed by atoms with E-state index in [9.17, 15) is 5.11 Å². The quantitative estimate of drug-likeness (QED) is 0.534. The largest absolute Gasteiger partial charge is 0.391 e. The summed E-state index contributed by atoms with van der Waals surface area (Å²) in [6.45, 7) is 11.5. The molecule has 0 amide bonds. The number of morpholine rings is 1. The zero-order valence-corrected chi connectivity index (χ0v) is 12.0. The van der Waals surface area contributed by atoms with Crippen LogP contribution in [0.25, 0.3) is 0 Å². The van der Waals surface area contributed by atoms with Gasteiger partial charge in [0.15, 0.2) is 0 Å². The molecule has 106 valence electrons. The molecule has 0 spiro atoms. The van der Waals surface area contributed by atoms with Gasteiger partial charge in [0.1, 0.15) is 0 Å². The summed E-state index contributed by atoms with van der Waals surface area (Å²) in [5.41, 5.74) is -0.137. The normalized spacial score (nSPS) is 19.7. The Labute approximate surface area is 112 Å². The Kier molecular flexibility index (Phi) is 6.90. The first-order chi connectivity index (χ1) is 8.59. The molecule has 0 bridgehead atoms. The Morgan fingerprint density at radius 3 is 2.56 bits per heavy atom. The second-order valence-electron chi connectivity index (χ2n) is 5.70. The highest BCUT2D eigenvalue weighted by atomic mass is 16.5. The number of rotatable bonds is 8. The van der Waals surface area contributed by atoms with E-state index in [0.717, 1.165) is 45.6 Å². The average molecular weight is 255 g/mol. The molecule has 0 aromatic carbocycles. The van der Waals surface area contributed by atoms with Crippen LogP contribution in [0.2, 0.25) is 0 Å². The Morgan fingerprint density at radius 1 is 1.28 bits per heavy atom. The number of unbranched alkanes of at least 4 members (excludes halogenated alkanes) is 3. The van der Waals surface area contributed by atoms with Crippen molar-refractivity contribution in [2.45, 2.75) is 57.6 Å². The predicted molar refractivity (Wildman–Crippen MR) is 75.8 cm³/mol. The van der Waals surface area contributed by atoms with E-state index in [2.05, 4.69) is 25.3 Å². The summed E-state index contributed by atoms with van der Waals surface area (Å²) in [5, 5.41) is 10.4. The first-order valence-corrected chi connectivity index (χ1v) is 7.21. The molecule has 0 saturated carbocycles. The van der Waals surface area contributed by atoms with Gasteiger partial charge in [-0.1, -0.05) is 18.9 Å². The van der Waals surface area contributed by atoms with Gasteiger partial charge in [0.05, 0.1) is 19.3 Å². The molecule has 18 heavy (non-hydrogen) atoms. The maximum Gasteiger partial charge on any atom is 0.0718 e. The lowest BCUT2D eigenvalue weighted by molar-refractivity contribution is -0.0643. The summed E-state index contributed by atoms with van der Waals surface area (Å²) in [5.74, 6) is 0. The third kappa shape index (κ3) is 4.71. The van der Waals surface area contributed by atoms with Crippen molar-refractivity contribution in [2.24, 2.45) is 0 Å². The van der Waals surface area contributed by atoms with E-state index in [0.29, 0.717) is 0 Å². The lowest BCUT2D eigenvalue weighted by Crippen LogP contribution is -2.56. The van der Waals surface area contributed by atoms with Crippen LogP contribution in [0, 0.1) is 0 Å². The van der Waals surface area contributed by atoms with E-state index in [4.69, 9.17) is 4.74 Å². The van der Waals surface area contributed by atoms with E-state index in [-0.39, 0.29) is 11.6 Å². The zero-order chi connectivity index (χ0) is 13.4. The van der Waals surface area contributed by atoms with Crippen molar-refractivity contribution in [3.63, 3.8) is 0 Å². The van der Waals surface area contributed by atoms with Gasteiger partial charge < -0.3 is 9.84 Å². The van der Waals surface area contributed by atoms with Crippen LogP contribution in [-0.2, 0) is 4.74 Å². The maximum absolute atomic E-state index is 10.4. The van der Waals surface area contributed by atoms with Gasteiger partial charge in [-0.2, -0.15) is 0 Å². The van der Waals surface area contributed by atoms with Gasteiger partial charge in [-0.15, -0.1) is 6.58 Å². The molecule has 1 fully saturated rings. The number of aliphatic hydroxyl groups excluding tert-OH is 1. The average Bonchev–Trinajstić information content (AvgIpc) is 2.39. The van der Waals surface area contributed by atoms with E-state index in [1.165, 1.54) is 12.8 Å². The van der Waals surface area contributed by atoms with Gasteiger partial charge in [-0.25, -0.2) is 0 Å². The van der Waals surface area contributed by atoms with Crippen molar-refractivity contribution in [2.75, 3.05) is 26.3 Å². The number of allylic oxidation sites excluding steroid dienone is 1. The molecule has 3 heteroatoms. The smallest absolute Gasteiger partial charge is 0.0718 e. The first kappa shape index (κ1) is 15.7. The Hall–Kier alpha value is -0.380. The fourth-order valence-electron chi connectivity index (χ4n) is 2.51. The second-order valence-corrected chi connectivity index (χ2v) is 5.70. The molecule has 1 rings (SSSR count). The van der Waals surface area contributed by atoms with Crippen LogP contribution in [0.4, 0.5) is 0 Å². The fraction of sp³-hybridized carbons (Fsp3) is 0.867. The van der Waals surface area contributed by atoms with Crippen LogP contribution in [0.15, 0.2) is 12.7 Å². The number of ether oxygens (including phenoxy) is 1. The molecule has 1 aliphatic rings. The minimum absolute atomic E-state index is 0.137. The van der Waals surface area contributed by atoms with Gasteiger partial charge in [-0.05, 0) is 33.1 Å². The topological polar surface area (TPSA) is 32.7 Å². The molecule has 0 radical (unpaired) electrons. The molecule has 1 unspecified atom stereocenters. The number of aliphatic hydroxyl groups is 1. The lowest BCUT2D eigenvalue weighted by Gasteiger charge is -2.43. The lowest BCUT2D eigenvalue weighted by atomic mass is 9.90. The van der Waals surface area contributed by atoms with Gasteiger partial charge in [0.25, 0.3) is 0 Å². The molecule has 0 aliphatic carbocycles. The van der Waals surface area contributed by atoms with Gasteiger partial charge in [0, 0.05) is 18.6 Å². The van der Waals surface area contributed by atoms with Crippen molar-refractivity contribution in [1.82, 2.24) is 4.90 Å². The summed E-state index contributed by atoms with van der Waals surface area (Å²) in [7, 11) is 0. The molecule has 1 atom stereocenters. The maximum atomic E-state index is 10.4. The van der Waals surface area contributed by atoms with Crippen molar-refractivity contribution in [3.05, 3.63) is 12.7 Å². The standard InChI is InChI=1S/C15H29NO2/c1-4-5-6-7-8-9-14(17)15(2,3)16-10-12-18-13-11-16/h4,14,17H,1,5-13H2,2-3H3. The molecular formula is C15H29NO2. The SMILES string of the molecule is C=CCCCCCC(O)C(C)(C)N1CCOCC1. The van der Waals surface area contributed by atoms with Crippen molar-refractivity contribution in [1.29, 1.82) is 0 Å². The summed E-state index contributed by atoms with van der Waals surface area (Å²) in [4.78, 5) is 2.35. The Morgan fingerprint density at radius 2 is 1.94 bits per heavy atom. The van der Waals surface area contributed by atoms with Crippen LogP contribution >= 0.6 is 0 Å². The molecule has 1 heterocycles. The van der Waals surface area contributed by atoms with Crippen LogP contribution in [0.3, 0.4) is 0 Å². The third-order valence-corrected chi connectivity index (χ3v) is 4.03. The molecule has 3 nitrogen and oxygen atoms in total. The fourth-order valence-corrected chi connectivity index (χ4v) is 2.51. The highest BCUT2D eigenvalue weighted by molar-refractivity contribution is 4.89. The van der Waals surface area contributed by atoms with Crippen LogP contribution < -0.4 is 0 Å². The van der Waals surface area contributed by atoms with E-state index >= 15 is 0 Å². The van der Waals surface area contributed by atoms with Crippen LogP contribution in [0.5, 0.6) is 0 Å². The summed E-state index contributed by atoms with van der Waals surface area (Å²) < 4.78 is 5.37. The third-order valence-electron chi connectivity index (χ3n) is 4.03. The summed E-state index contributed by atoms with van der Waals surface area (Å²) in [6, 6.07) is 0. The van der Waals surface area contributed by atoms with Crippen molar-refractivity contribution in [3.8, 4) is 0 Å². The predicted octanol–water partition coefficient (Wildman–Crippen LogP) is 2.59. The molecule has 1 saturated heterocycles. The minimum atomic E-state index is -0.251. The first-order valence-electron chi connectivity index (χ1n) is 7.21.